The van der Waals surface area contributed by atoms with Crippen LogP contribution in [0.15, 0.2) is 93.9 Å². The van der Waals surface area contributed by atoms with Crippen molar-refractivity contribution in [3.05, 3.63) is 114 Å². The van der Waals surface area contributed by atoms with Crippen LogP contribution < -0.4 is 9.47 Å². The van der Waals surface area contributed by atoms with E-state index >= 15 is 0 Å². The van der Waals surface area contributed by atoms with Crippen molar-refractivity contribution in [2.24, 2.45) is 0 Å². The molecule has 0 spiro atoms. The molecule has 0 radical (unpaired) electrons. The molecule has 0 saturated carbocycles. The van der Waals surface area contributed by atoms with Crippen LogP contribution in [-0.4, -0.2) is 30.8 Å². The fourth-order valence-corrected chi connectivity index (χ4v) is 3.58. The molecule has 0 atom stereocenters. The smallest absolute Gasteiger partial charge is 0.374 e. The lowest BCUT2D eigenvalue weighted by Crippen LogP contribution is -2.02. The molecule has 0 bridgehead atoms. The SMILES string of the molecule is C.CCOC(=O)c1ccc(C)o1.Cc1cc2ccccc2o1.Cc1ccc2c(c1)OCCCO2.Cc1ccccn1. The Labute approximate surface area is 243 Å². The molecule has 0 fully saturated rings. The minimum absolute atomic E-state index is 0. The average Bonchev–Trinajstić information content (AvgIpc) is 3.48. The van der Waals surface area contributed by atoms with Gasteiger partial charge in [0.1, 0.15) is 17.1 Å². The van der Waals surface area contributed by atoms with Gasteiger partial charge in [0.05, 0.1) is 19.8 Å². The van der Waals surface area contributed by atoms with Gasteiger partial charge in [0.15, 0.2) is 11.5 Å². The molecule has 5 aromatic rings. The van der Waals surface area contributed by atoms with Gasteiger partial charge in [-0.25, -0.2) is 4.79 Å². The van der Waals surface area contributed by atoms with Crippen molar-refractivity contribution < 1.29 is 27.8 Å². The number of hydrogen-bond donors (Lipinski definition) is 0. The molecule has 0 N–H and O–H groups in total. The van der Waals surface area contributed by atoms with Gasteiger partial charge in [-0.1, -0.05) is 37.8 Å². The average molecular weight is 560 g/mol. The highest BCUT2D eigenvalue weighted by atomic mass is 16.5. The van der Waals surface area contributed by atoms with E-state index in [1.54, 1.807) is 32.2 Å². The van der Waals surface area contributed by atoms with Gasteiger partial charge >= 0.3 is 5.97 Å². The molecule has 0 aliphatic carbocycles. The van der Waals surface area contributed by atoms with Crippen LogP contribution in [0.5, 0.6) is 11.5 Å². The number of aromatic nitrogens is 1. The molecule has 3 aromatic heterocycles. The maximum absolute atomic E-state index is 10.9. The van der Waals surface area contributed by atoms with Crippen LogP contribution >= 0.6 is 0 Å². The number of rotatable bonds is 2. The first-order valence-electron chi connectivity index (χ1n) is 13.3. The molecule has 6 rings (SSSR count). The fraction of sp³-hybridized carbons (Fsp3) is 0.294. The summed E-state index contributed by atoms with van der Waals surface area (Å²) in [6.07, 6.45) is 2.75. The summed E-state index contributed by atoms with van der Waals surface area (Å²) in [5, 5.41) is 1.18. The van der Waals surface area contributed by atoms with E-state index in [1.165, 1.54) is 10.9 Å². The van der Waals surface area contributed by atoms with Crippen LogP contribution in [0, 0.1) is 27.7 Å². The predicted molar refractivity (Wildman–Crippen MR) is 163 cm³/mol. The second-order valence-corrected chi connectivity index (χ2v) is 9.00. The van der Waals surface area contributed by atoms with Crippen molar-refractivity contribution in [2.75, 3.05) is 19.8 Å². The van der Waals surface area contributed by atoms with E-state index < -0.39 is 5.97 Å². The van der Waals surface area contributed by atoms with Gasteiger partial charge < -0.3 is 23.0 Å². The van der Waals surface area contributed by atoms with Gasteiger partial charge in [-0.05, 0) is 88.7 Å². The molecule has 2 aromatic carbocycles. The zero-order valence-electron chi connectivity index (χ0n) is 23.8. The lowest BCUT2D eigenvalue weighted by atomic mass is 10.2. The van der Waals surface area contributed by atoms with Gasteiger partial charge in [-0.2, -0.15) is 0 Å². The van der Waals surface area contributed by atoms with Gasteiger partial charge in [-0.3, -0.25) is 4.98 Å². The molecular formula is C34H41NO6. The minimum atomic E-state index is -0.402. The van der Waals surface area contributed by atoms with Gasteiger partial charge in [0.25, 0.3) is 0 Å². The quantitative estimate of drug-likeness (QED) is 0.200. The number of carbonyl (C=O) groups is 1. The number of esters is 1. The van der Waals surface area contributed by atoms with E-state index in [4.69, 9.17) is 23.0 Å². The first kappa shape index (κ1) is 32.7. The normalized spacial score (nSPS) is 11.1. The van der Waals surface area contributed by atoms with Crippen LogP contribution in [0.1, 0.15) is 54.1 Å². The van der Waals surface area contributed by atoms with Crippen LogP contribution in [0.3, 0.4) is 0 Å². The number of hydrogen-bond acceptors (Lipinski definition) is 7. The third-order valence-corrected chi connectivity index (χ3v) is 5.48. The zero-order chi connectivity index (χ0) is 28.7. The molecule has 4 heterocycles. The molecular weight excluding hydrogens is 518 g/mol. The first-order chi connectivity index (χ1) is 19.4. The summed E-state index contributed by atoms with van der Waals surface area (Å²) in [5.74, 6) is 3.31. The molecule has 0 unspecified atom stereocenters. The van der Waals surface area contributed by atoms with Crippen molar-refractivity contribution in [1.82, 2.24) is 4.98 Å². The van der Waals surface area contributed by atoms with Crippen molar-refractivity contribution >= 4 is 16.9 Å². The lowest BCUT2D eigenvalue weighted by molar-refractivity contribution is 0.0488. The molecule has 1 aliphatic rings. The van der Waals surface area contributed by atoms with Crippen LogP contribution in [0.4, 0.5) is 0 Å². The second-order valence-electron chi connectivity index (χ2n) is 9.00. The van der Waals surface area contributed by atoms with E-state index in [0.717, 1.165) is 48.2 Å². The summed E-state index contributed by atoms with van der Waals surface area (Å²) < 4.78 is 26.1. The number of ether oxygens (including phenoxy) is 3. The van der Waals surface area contributed by atoms with Crippen molar-refractivity contribution in [1.29, 1.82) is 0 Å². The number of benzene rings is 2. The van der Waals surface area contributed by atoms with E-state index in [9.17, 15) is 4.79 Å². The van der Waals surface area contributed by atoms with Crippen molar-refractivity contribution in [2.45, 2.75) is 48.5 Å². The second kappa shape index (κ2) is 17.2. The summed E-state index contributed by atoms with van der Waals surface area (Å²) in [5.41, 5.74) is 3.25. The lowest BCUT2D eigenvalue weighted by Gasteiger charge is -2.06. The molecule has 218 valence electrons. The van der Waals surface area contributed by atoms with Gasteiger partial charge in [0, 0.05) is 23.7 Å². The Bertz CT molecular complexity index is 1420. The third kappa shape index (κ3) is 11.2. The Balaban J connectivity index is 0.000000193. The number of fused-ring (bicyclic) bond motifs is 2. The summed E-state index contributed by atoms with van der Waals surface area (Å²) in [7, 11) is 0. The maximum Gasteiger partial charge on any atom is 0.374 e. The molecule has 7 nitrogen and oxygen atoms in total. The number of para-hydroxylation sites is 1. The predicted octanol–water partition coefficient (Wildman–Crippen LogP) is 8.69. The van der Waals surface area contributed by atoms with E-state index in [-0.39, 0.29) is 13.2 Å². The monoisotopic (exact) mass is 559 g/mol. The minimum Gasteiger partial charge on any atom is -0.490 e. The summed E-state index contributed by atoms with van der Waals surface area (Å²) in [4.78, 5) is 14.9. The highest BCUT2D eigenvalue weighted by Crippen LogP contribution is 2.29. The van der Waals surface area contributed by atoms with Crippen molar-refractivity contribution in [3.63, 3.8) is 0 Å². The maximum atomic E-state index is 10.9. The fourth-order valence-electron chi connectivity index (χ4n) is 3.58. The van der Waals surface area contributed by atoms with E-state index in [1.807, 2.05) is 80.6 Å². The first-order valence-corrected chi connectivity index (χ1v) is 13.3. The number of furan rings is 2. The number of pyridine rings is 1. The van der Waals surface area contributed by atoms with Crippen LogP contribution in [0.25, 0.3) is 11.0 Å². The molecule has 0 amide bonds. The topological polar surface area (TPSA) is 83.9 Å². The van der Waals surface area contributed by atoms with Gasteiger partial charge in [-0.15, -0.1) is 0 Å². The molecule has 1 aliphatic heterocycles. The highest BCUT2D eigenvalue weighted by molar-refractivity contribution is 5.86. The Morgan fingerprint density at radius 2 is 1.54 bits per heavy atom. The Kier molecular flexibility index (Phi) is 13.7. The largest absolute Gasteiger partial charge is 0.490 e. The van der Waals surface area contributed by atoms with Crippen LogP contribution in [0.2, 0.25) is 0 Å². The standard InChI is InChI=1S/C10H12O2.C9H8O.C8H10O3.C6H7N.CH4/c1-8-3-4-9-10(7-8)12-6-2-5-11-9;1-7-6-8-4-2-3-5-9(8)10-7;1-3-10-8(9)7-5-4-6(2)11-7;1-6-4-2-3-5-7-6;/h3-4,7H,2,5-6H2,1H3;2-6H,1H3;4-5H,3H2,1-2H3;2-5H,1H3;1H4. The number of carbonyl (C=O) groups excluding carboxylic acids is 1. The third-order valence-electron chi connectivity index (χ3n) is 5.48. The van der Waals surface area contributed by atoms with Gasteiger partial charge in [0.2, 0.25) is 5.76 Å². The molecule has 7 heteroatoms. The van der Waals surface area contributed by atoms with Crippen LogP contribution in [-0.2, 0) is 4.74 Å². The summed E-state index contributed by atoms with van der Waals surface area (Å²) in [6.45, 7) is 11.4. The Morgan fingerprint density at radius 3 is 2.15 bits per heavy atom. The Hall–Kier alpha value is -4.52. The summed E-state index contributed by atoms with van der Waals surface area (Å²) >= 11 is 0. The Morgan fingerprint density at radius 1 is 0.805 bits per heavy atom. The zero-order valence-corrected chi connectivity index (χ0v) is 23.8. The van der Waals surface area contributed by atoms with E-state index in [0.29, 0.717) is 12.4 Å². The summed E-state index contributed by atoms with van der Waals surface area (Å²) in [6, 6.07) is 25.3. The molecule has 0 saturated heterocycles. The highest BCUT2D eigenvalue weighted by Gasteiger charge is 2.10. The van der Waals surface area contributed by atoms with Crippen molar-refractivity contribution in [3.8, 4) is 11.5 Å². The number of nitrogens with zero attached hydrogens (tertiary/aromatic N) is 1. The molecule has 41 heavy (non-hydrogen) atoms. The number of aryl methyl sites for hydroxylation is 4. The van der Waals surface area contributed by atoms with E-state index in [2.05, 4.69) is 11.9 Å².